The predicted molar refractivity (Wildman–Crippen MR) is 72.8 cm³/mol. The number of carbonyl (C=O) groups is 1. The lowest BCUT2D eigenvalue weighted by Crippen LogP contribution is -2.45. The molecule has 0 aromatic heterocycles. The van der Waals surface area contributed by atoms with Crippen LogP contribution < -0.4 is 15.8 Å². The zero-order valence-electron chi connectivity index (χ0n) is 11.9. The van der Waals surface area contributed by atoms with Gasteiger partial charge in [0.05, 0.1) is 18.2 Å². The van der Waals surface area contributed by atoms with Gasteiger partial charge in [0.15, 0.2) is 0 Å². The van der Waals surface area contributed by atoms with E-state index >= 15 is 0 Å². The SMILES string of the molecule is CC(C)[C@H](N)C(=O)NCCOc1ccccc1C(F)(F)F. The van der Waals surface area contributed by atoms with Gasteiger partial charge in [0.2, 0.25) is 5.91 Å². The molecule has 0 aliphatic rings. The number of benzene rings is 1. The van der Waals surface area contributed by atoms with Crippen molar-refractivity contribution >= 4 is 5.91 Å². The highest BCUT2D eigenvalue weighted by molar-refractivity contribution is 5.81. The summed E-state index contributed by atoms with van der Waals surface area (Å²) in [5, 5.41) is 2.52. The number of para-hydroxylation sites is 1. The van der Waals surface area contributed by atoms with Gasteiger partial charge in [-0.2, -0.15) is 13.2 Å². The maximum absolute atomic E-state index is 12.7. The highest BCUT2D eigenvalue weighted by Gasteiger charge is 2.33. The minimum absolute atomic E-state index is 0.0168. The van der Waals surface area contributed by atoms with Gasteiger partial charge in [-0.1, -0.05) is 26.0 Å². The topological polar surface area (TPSA) is 64.4 Å². The number of nitrogens with one attached hydrogen (secondary N) is 1. The molecule has 0 aliphatic carbocycles. The fourth-order valence-electron chi connectivity index (χ4n) is 1.58. The summed E-state index contributed by atoms with van der Waals surface area (Å²) in [5.74, 6) is -0.623. The monoisotopic (exact) mass is 304 g/mol. The molecule has 0 aliphatic heterocycles. The molecule has 1 rings (SSSR count). The first kappa shape index (κ1) is 17.3. The van der Waals surface area contributed by atoms with Gasteiger partial charge in [-0.25, -0.2) is 0 Å². The quantitative estimate of drug-likeness (QED) is 0.792. The Bertz CT molecular complexity index is 476. The van der Waals surface area contributed by atoms with Crippen LogP contribution in [0, 0.1) is 5.92 Å². The Morgan fingerprint density at radius 1 is 1.33 bits per heavy atom. The fraction of sp³-hybridized carbons (Fsp3) is 0.500. The third-order valence-electron chi connectivity index (χ3n) is 2.87. The molecule has 0 radical (unpaired) electrons. The predicted octanol–water partition coefficient (Wildman–Crippen LogP) is 2.18. The van der Waals surface area contributed by atoms with Crippen LogP contribution in [-0.2, 0) is 11.0 Å². The Hall–Kier alpha value is -1.76. The summed E-state index contributed by atoms with van der Waals surface area (Å²) in [6.07, 6.45) is -4.47. The van der Waals surface area contributed by atoms with Gasteiger partial charge < -0.3 is 15.8 Å². The zero-order chi connectivity index (χ0) is 16.0. The van der Waals surface area contributed by atoms with Crippen LogP contribution in [0.1, 0.15) is 19.4 Å². The average Bonchev–Trinajstić information content (AvgIpc) is 2.41. The highest BCUT2D eigenvalue weighted by atomic mass is 19.4. The summed E-state index contributed by atoms with van der Waals surface area (Å²) in [4.78, 5) is 11.6. The molecule has 0 saturated carbocycles. The van der Waals surface area contributed by atoms with Crippen LogP contribution >= 0.6 is 0 Å². The minimum Gasteiger partial charge on any atom is -0.491 e. The van der Waals surface area contributed by atoms with Crippen LogP contribution in [0.4, 0.5) is 13.2 Å². The van der Waals surface area contributed by atoms with Crippen molar-refractivity contribution in [3.05, 3.63) is 29.8 Å². The normalized spacial score (nSPS) is 13.1. The van der Waals surface area contributed by atoms with Crippen molar-refractivity contribution in [1.82, 2.24) is 5.32 Å². The Kier molecular flexibility index (Phi) is 6.02. The van der Waals surface area contributed by atoms with Crippen molar-refractivity contribution < 1.29 is 22.7 Å². The molecule has 0 spiro atoms. The Morgan fingerprint density at radius 2 is 1.95 bits per heavy atom. The average molecular weight is 304 g/mol. The number of amides is 1. The van der Waals surface area contributed by atoms with Crippen LogP contribution in [0.5, 0.6) is 5.75 Å². The number of carbonyl (C=O) groups excluding carboxylic acids is 1. The van der Waals surface area contributed by atoms with E-state index in [1.807, 2.05) is 0 Å². The third kappa shape index (κ3) is 5.26. The Balaban J connectivity index is 2.49. The van der Waals surface area contributed by atoms with Crippen LogP contribution in [0.2, 0.25) is 0 Å². The smallest absolute Gasteiger partial charge is 0.419 e. The second-order valence-electron chi connectivity index (χ2n) is 4.90. The van der Waals surface area contributed by atoms with Gasteiger partial charge in [-0.05, 0) is 18.1 Å². The lowest BCUT2D eigenvalue weighted by molar-refractivity contribution is -0.139. The molecule has 0 fully saturated rings. The number of ether oxygens (including phenoxy) is 1. The summed E-state index contributed by atoms with van der Waals surface area (Å²) in [6, 6.07) is 4.29. The molecule has 1 aromatic carbocycles. The van der Waals surface area contributed by atoms with Crippen LogP contribution in [0.25, 0.3) is 0 Å². The largest absolute Gasteiger partial charge is 0.491 e. The number of rotatable bonds is 6. The molecule has 0 saturated heterocycles. The molecule has 4 nitrogen and oxygen atoms in total. The summed E-state index contributed by atoms with van der Waals surface area (Å²) in [7, 11) is 0. The molecular weight excluding hydrogens is 285 g/mol. The first-order valence-corrected chi connectivity index (χ1v) is 6.55. The van der Waals surface area contributed by atoms with Crippen molar-refractivity contribution in [2.45, 2.75) is 26.1 Å². The van der Waals surface area contributed by atoms with Crippen molar-refractivity contribution in [3.8, 4) is 5.75 Å². The lowest BCUT2D eigenvalue weighted by atomic mass is 10.1. The van der Waals surface area contributed by atoms with E-state index < -0.39 is 17.8 Å². The van der Waals surface area contributed by atoms with Crippen molar-refractivity contribution in [2.24, 2.45) is 11.7 Å². The van der Waals surface area contributed by atoms with E-state index in [0.29, 0.717) is 0 Å². The summed E-state index contributed by atoms with van der Waals surface area (Å²) in [5.41, 5.74) is 4.80. The summed E-state index contributed by atoms with van der Waals surface area (Å²) >= 11 is 0. The molecule has 7 heteroatoms. The van der Waals surface area contributed by atoms with Gasteiger partial charge >= 0.3 is 6.18 Å². The number of hydrogen-bond acceptors (Lipinski definition) is 3. The molecule has 1 amide bonds. The summed E-state index contributed by atoms with van der Waals surface area (Å²) in [6.45, 7) is 3.63. The zero-order valence-corrected chi connectivity index (χ0v) is 11.9. The van der Waals surface area contributed by atoms with Crippen molar-refractivity contribution in [2.75, 3.05) is 13.2 Å². The van der Waals surface area contributed by atoms with Gasteiger partial charge in [0, 0.05) is 0 Å². The third-order valence-corrected chi connectivity index (χ3v) is 2.87. The van der Waals surface area contributed by atoms with E-state index in [1.54, 1.807) is 13.8 Å². The number of nitrogens with two attached hydrogens (primary N) is 1. The van der Waals surface area contributed by atoms with E-state index in [1.165, 1.54) is 18.2 Å². The highest BCUT2D eigenvalue weighted by Crippen LogP contribution is 2.35. The van der Waals surface area contributed by atoms with Gasteiger partial charge in [-0.15, -0.1) is 0 Å². The first-order valence-electron chi connectivity index (χ1n) is 6.55. The molecule has 118 valence electrons. The van der Waals surface area contributed by atoms with Gasteiger partial charge in [0.25, 0.3) is 0 Å². The minimum atomic E-state index is -4.47. The molecule has 1 atom stereocenters. The second kappa shape index (κ2) is 7.31. The number of halogens is 3. The first-order chi connectivity index (χ1) is 9.73. The standard InChI is InChI=1S/C14H19F3N2O2/c1-9(2)12(18)13(20)19-7-8-21-11-6-4-3-5-10(11)14(15,16)17/h3-6,9,12H,7-8,18H2,1-2H3,(H,19,20)/t12-/m0/s1. The van der Waals surface area contributed by atoms with Gasteiger partial charge in [-0.3, -0.25) is 4.79 Å². The van der Waals surface area contributed by atoms with E-state index in [4.69, 9.17) is 10.5 Å². The Labute approximate surface area is 121 Å². The lowest BCUT2D eigenvalue weighted by Gasteiger charge is -2.16. The van der Waals surface area contributed by atoms with E-state index in [-0.39, 0.29) is 30.7 Å². The maximum atomic E-state index is 12.7. The molecule has 0 heterocycles. The number of alkyl halides is 3. The fourth-order valence-corrected chi connectivity index (χ4v) is 1.58. The van der Waals surface area contributed by atoms with E-state index in [9.17, 15) is 18.0 Å². The Morgan fingerprint density at radius 3 is 2.52 bits per heavy atom. The molecular formula is C14H19F3N2O2. The van der Waals surface area contributed by atoms with Crippen LogP contribution in [-0.4, -0.2) is 25.1 Å². The molecule has 0 unspecified atom stereocenters. The number of hydrogen-bond donors (Lipinski definition) is 2. The van der Waals surface area contributed by atoms with Gasteiger partial charge in [0.1, 0.15) is 12.4 Å². The van der Waals surface area contributed by atoms with Crippen molar-refractivity contribution in [1.29, 1.82) is 0 Å². The van der Waals surface area contributed by atoms with Crippen molar-refractivity contribution in [3.63, 3.8) is 0 Å². The molecule has 21 heavy (non-hydrogen) atoms. The van der Waals surface area contributed by atoms with Crippen LogP contribution in [0.15, 0.2) is 24.3 Å². The van der Waals surface area contributed by atoms with E-state index in [0.717, 1.165) is 6.07 Å². The van der Waals surface area contributed by atoms with Crippen LogP contribution in [0.3, 0.4) is 0 Å². The summed E-state index contributed by atoms with van der Waals surface area (Å²) < 4.78 is 43.2. The molecule has 1 aromatic rings. The maximum Gasteiger partial charge on any atom is 0.419 e. The molecule has 3 N–H and O–H groups in total. The van der Waals surface area contributed by atoms with E-state index in [2.05, 4.69) is 5.32 Å². The molecule has 0 bridgehead atoms. The second-order valence-corrected chi connectivity index (χ2v) is 4.90.